The van der Waals surface area contributed by atoms with Crippen molar-refractivity contribution in [1.82, 2.24) is 19.7 Å². The summed E-state index contributed by atoms with van der Waals surface area (Å²) < 4.78 is 4.96. The van der Waals surface area contributed by atoms with Crippen LogP contribution >= 0.6 is 0 Å². The number of pyridine rings is 1. The van der Waals surface area contributed by atoms with Gasteiger partial charge in [-0.2, -0.15) is 0 Å². The van der Waals surface area contributed by atoms with Crippen LogP contribution in [-0.4, -0.2) is 84.0 Å². The van der Waals surface area contributed by atoms with Gasteiger partial charge in [-0.15, -0.1) is 0 Å². The Hall–Kier alpha value is -2.64. The summed E-state index contributed by atoms with van der Waals surface area (Å²) in [4.78, 5) is 45.0. The van der Waals surface area contributed by atoms with Gasteiger partial charge in [-0.25, -0.2) is 4.79 Å². The topological polar surface area (TPSA) is 83.0 Å². The van der Waals surface area contributed by atoms with E-state index >= 15 is 0 Å². The van der Waals surface area contributed by atoms with Crippen LogP contribution in [0.1, 0.15) is 18.9 Å². The lowest BCUT2D eigenvalue weighted by atomic mass is 10.2. The van der Waals surface area contributed by atoms with Crippen LogP contribution in [-0.2, 0) is 20.7 Å². The summed E-state index contributed by atoms with van der Waals surface area (Å²) in [5, 5.41) is 0. The zero-order chi connectivity index (χ0) is 18.9. The van der Waals surface area contributed by atoms with Crippen molar-refractivity contribution < 1.29 is 19.1 Å². The van der Waals surface area contributed by atoms with Crippen molar-refractivity contribution in [3.63, 3.8) is 0 Å². The number of aromatic nitrogens is 1. The summed E-state index contributed by atoms with van der Waals surface area (Å²) >= 11 is 0. The van der Waals surface area contributed by atoms with Crippen molar-refractivity contribution in [3.8, 4) is 0 Å². The average Bonchev–Trinajstić information content (AvgIpc) is 2.67. The van der Waals surface area contributed by atoms with Gasteiger partial charge in [0.05, 0.1) is 6.61 Å². The van der Waals surface area contributed by atoms with Crippen LogP contribution in [0.15, 0.2) is 24.5 Å². The van der Waals surface area contributed by atoms with Crippen molar-refractivity contribution in [3.05, 3.63) is 30.1 Å². The van der Waals surface area contributed by atoms with Crippen LogP contribution in [0.4, 0.5) is 4.79 Å². The number of hydrogen-bond acceptors (Lipinski definition) is 5. The Balaban J connectivity index is 1.73. The first kappa shape index (κ1) is 19.7. The van der Waals surface area contributed by atoms with Crippen LogP contribution in [0.25, 0.3) is 0 Å². The number of likely N-dealkylation sites (N-methyl/N-ethyl adjacent to an activating group) is 1. The highest BCUT2D eigenvalue weighted by Crippen LogP contribution is 2.07. The predicted octanol–water partition coefficient (Wildman–Crippen LogP) is 0.773. The molecule has 1 saturated heterocycles. The van der Waals surface area contributed by atoms with Gasteiger partial charge in [-0.3, -0.25) is 14.6 Å². The SMILES string of the molecule is CCOC(=O)N1CCN(C(=O)CC(=O)N(C)CCc2ccncc2)CC1. The minimum absolute atomic E-state index is 0.147. The molecule has 1 aliphatic heterocycles. The molecular formula is C18H26N4O4. The predicted molar refractivity (Wildman–Crippen MR) is 95.4 cm³/mol. The molecule has 0 aliphatic carbocycles. The first-order valence-corrected chi connectivity index (χ1v) is 8.83. The number of rotatable bonds is 6. The van der Waals surface area contributed by atoms with E-state index in [9.17, 15) is 14.4 Å². The molecule has 1 fully saturated rings. The van der Waals surface area contributed by atoms with Crippen LogP contribution in [0.3, 0.4) is 0 Å². The number of carbonyl (C=O) groups is 3. The van der Waals surface area contributed by atoms with Gasteiger partial charge in [0.2, 0.25) is 11.8 Å². The number of hydrogen-bond donors (Lipinski definition) is 0. The molecule has 3 amide bonds. The van der Waals surface area contributed by atoms with Gasteiger partial charge in [-0.1, -0.05) is 0 Å². The lowest BCUT2D eigenvalue weighted by Gasteiger charge is -2.34. The Morgan fingerprint density at radius 1 is 1.12 bits per heavy atom. The zero-order valence-corrected chi connectivity index (χ0v) is 15.4. The third-order valence-corrected chi connectivity index (χ3v) is 4.37. The molecule has 1 aromatic rings. The minimum Gasteiger partial charge on any atom is -0.450 e. The Bertz CT molecular complexity index is 615. The number of ether oxygens (including phenoxy) is 1. The van der Waals surface area contributed by atoms with E-state index in [1.165, 1.54) is 0 Å². The first-order valence-electron chi connectivity index (χ1n) is 8.83. The molecule has 142 valence electrons. The molecule has 0 atom stereocenters. The number of amides is 3. The molecule has 0 bridgehead atoms. The third-order valence-electron chi connectivity index (χ3n) is 4.37. The van der Waals surface area contributed by atoms with Crippen LogP contribution < -0.4 is 0 Å². The molecular weight excluding hydrogens is 336 g/mol. The second-order valence-corrected chi connectivity index (χ2v) is 6.16. The molecule has 0 aromatic carbocycles. The Kier molecular flexibility index (Phi) is 7.37. The van der Waals surface area contributed by atoms with E-state index in [1.54, 1.807) is 41.1 Å². The quantitative estimate of drug-likeness (QED) is 0.698. The fourth-order valence-corrected chi connectivity index (χ4v) is 2.70. The van der Waals surface area contributed by atoms with Crippen molar-refractivity contribution in [2.24, 2.45) is 0 Å². The van der Waals surface area contributed by atoms with E-state index in [0.29, 0.717) is 39.3 Å². The molecule has 0 N–H and O–H groups in total. The Labute approximate surface area is 153 Å². The highest BCUT2D eigenvalue weighted by Gasteiger charge is 2.26. The monoisotopic (exact) mass is 362 g/mol. The third kappa shape index (κ3) is 5.72. The smallest absolute Gasteiger partial charge is 0.409 e. The van der Waals surface area contributed by atoms with E-state index in [-0.39, 0.29) is 24.3 Å². The lowest BCUT2D eigenvalue weighted by molar-refractivity contribution is -0.140. The standard InChI is InChI=1S/C18H26N4O4/c1-3-26-18(25)22-12-10-21(11-13-22)17(24)14-16(23)20(2)9-6-15-4-7-19-8-5-15/h4-5,7-8H,3,6,9-14H2,1-2H3. The summed E-state index contributed by atoms with van der Waals surface area (Å²) in [6.07, 6.45) is 3.66. The number of nitrogens with zero attached hydrogens (tertiary/aromatic N) is 4. The van der Waals surface area contributed by atoms with Crippen molar-refractivity contribution in [2.45, 2.75) is 19.8 Å². The fraction of sp³-hybridized carbons (Fsp3) is 0.556. The van der Waals surface area contributed by atoms with E-state index in [2.05, 4.69) is 4.98 Å². The second-order valence-electron chi connectivity index (χ2n) is 6.16. The normalized spacial score (nSPS) is 14.1. The van der Waals surface area contributed by atoms with Crippen molar-refractivity contribution in [2.75, 3.05) is 46.4 Å². The van der Waals surface area contributed by atoms with Crippen molar-refractivity contribution >= 4 is 17.9 Å². The highest BCUT2D eigenvalue weighted by atomic mass is 16.6. The summed E-state index contributed by atoms with van der Waals surface area (Å²) in [5.41, 5.74) is 1.10. The van der Waals surface area contributed by atoms with Gasteiger partial charge in [-0.05, 0) is 31.0 Å². The molecule has 0 unspecified atom stereocenters. The molecule has 8 heteroatoms. The number of piperazine rings is 1. The molecule has 0 saturated carbocycles. The van der Waals surface area contributed by atoms with E-state index < -0.39 is 0 Å². The van der Waals surface area contributed by atoms with Gasteiger partial charge in [0.25, 0.3) is 0 Å². The molecule has 2 heterocycles. The lowest BCUT2D eigenvalue weighted by Crippen LogP contribution is -2.51. The van der Waals surface area contributed by atoms with E-state index in [4.69, 9.17) is 4.74 Å². The largest absolute Gasteiger partial charge is 0.450 e. The Morgan fingerprint density at radius 3 is 2.35 bits per heavy atom. The van der Waals surface area contributed by atoms with Crippen LogP contribution in [0.2, 0.25) is 0 Å². The van der Waals surface area contributed by atoms with Gasteiger partial charge in [0.15, 0.2) is 0 Å². The molecule has 26 heavy (non-hydrogen) atoms. The first-order chi connectivity index (χ1) is 12.5. The molecule has 2 rings (SSSR count). The van der Waals surface area contributed by atoms with Gasteiger partial charge < -0.3 is 19.4 Å². The summed E-state index contributed by atoms with van der Waals surface area (Å²) in [6, 6.07) is 3.82. The number of carbonyl (C=O) groups excluding carboxylic acids is 3. The molecule has 1 aliphatic rings. The highest BCUT2D eigenvalue weighted by molar-refractivity contribution is 5.96. The van der Waals surface area contributed by atoms with Gasteiger partial charge >= 0.3 is 6.09 Å². The zero-order valence-electron chi connectivity index (χ0n) is 15.4. The van der Waals surface area contributed by atoms with Crippen molar-refractivity contribution in [1.29, 1.82) is 0 Å². The maximum atomic E-state index is 12.3. The summed E-state index contributed by atoms with van der Waals surface area (Å²) in [7, 11) is 1.70. The molecule has 0 spiro atoms. The molecule has 0 radical (unpaired) electrons. The second kappa shape index (κ2) is 9.74. The van der Waals surface area contributed by atoms with E-state index in [1.807, 2.05) is 12.1 Å². The van der Waals surface area contributed by atoms with Crippen LogP contribution in [0.5, 0.6) is 0 Å². The maximum Gasteiger partial charge on any atom is 0.409 e. The summed E-state index contributed by atoms with van der Waals surface area (Å²) in [6.45, 7) is 4.34. The van der Waals surface area contributed by atoms with Crippen LogP contribution in [0, 0.1) is 0 Å². The minimum atomic E-state index is -0.355. The van der Waals surface area contributed by atoms with E-state index in [0.717, 1.165) is 12.0 Å². The summed E-state index contributed by atoms with van der Waals surface area (Å²) in [5.74, 6) is -0.397. The maximum absolute atomic E-state index is 12.3. The van der Waals surface area contributed by atoms with Gasteiger partial charge in [0, 0.05) is 52.2 Å². The average molecular weight is 362 g/mol. The molecule has 8 nitrogen and oxygen atoms in total. The molecule has 1 aromatic heterocycles. The fourth-order valence-electron chi connectivity index (χ4n) is 2.70. The Morgan fingerprint density at radius 2 is 1.73 bits per heavy atom. The van der Waals surface area contributed by atoms with Gasteiger partial charge in [0.1, 0.15) is 6.42 Å².